The van der Waals surface area contributed by atoms with E-state index in [2.05, 4.69) is 34.3 Å². The molecule has 0 spiro atoms. The highest BCUT2D eigenvalue weighted by atomic mass is 16.3. The molecule has 3 aliphatic rings. The molecular weight excluding hydrogens is 296 g/mol. The van der Waals surface area contributed by atoms with Crippen LogP contribution in [0.15, 0.2) is 24.3 Å². The summed E-state index contributed by atoms with van der Waals surface area (Å²) in [4.78, 5) is 0. The summed E-state index contributed by atoms with van der Waals surface area (Å²) in [5.74, 6) is 1.65. The van der Waals surface area contributed by atoms with Crippen molar-refractivity contribution in [2.75, 3.05) is 0 Å². The van der Waals surface area contributed by atoms with Gasteiger partial charge in [-0.3, -0.25) is 0 Å². The highest BCUT2D eigenvalue weighted by molar-refractivity contribution is 5.54. The van der Waals surface area contributed by atoms with E-state index in [0.29, 0.717) is 11.8 Å². The van der Waals surface area contributed by atoms with Crippen LogP contribution in [0.4, 0.5) is 0 Å². The van der Waals surface area contributed by atoms with Crippen LogP contribution in [0.3, 0.4) is 0 Å². The zero-order chi connectivity index (χ0) is 17.5. The van der Waals surface area contributed by atoms with Gasteiger partial charge in [-0.25, -0.2) is 0 Å². The van der Waals surface area contributed by atoms with Gasteiger partial charge in [-0.2, -0.15) is 0 Å². The summed E-state index contributed by atoms with van der Waals surface area (Å²) < 4.78 is 0. The van der Waals surface area contributed by atoms with Gasteiger partial charge in [-0.15, -0.1) is 0 Å². The normalized spacial score (nSPS) is 39.9. The fourth-order valence-electron chi connectivity index (χ4n) is 6.91. The minimum atomic E-state index is 0.0210. The van der Waals surface area contributed by atoms with E-state index in [1.54, 1.807) is 0 Å². The Hall–Kier alpha value is -1.44. The third-order valence-electron chi connectivity index (χ3n) is 8.24. The number of aromatic hydroxyl groups is 2. The Labute approximate surface area is 145 Å². The molecule has 0 saturated heterocycles. The lowest BCUT2D eigenvalue weighted by molar-refractivity contribution is -0.0759. The molecule has 4 rings (SSSR count). The smallest absolute Gasteiger partial charge is 0.123 e. The van der Waals surface area contributed by atoms with Gasteiger partial charge in [0.25, 0.3) is 0 Å². The van der Waals surface area contributed by atoms with E-state index in [0.717, 1.165) is 30.4 Å². The number of allylic oxidation sites excluding steroid dienone is 1. The second-order valence-electron chi connectivity index (χ2n) is 9.60. The van der Waals surface area contributed by atoms with Gasteiger partial charge in [-0.1, -0.05) is 39.8 Å². The van der Waals surface area contributed by atoms with Crippen LogP contribution in [0.5, 0.6) is 11.5 Å². The molecule has 2 heteroatoms. The zero-order valence-electron chi connectivity index (χ0n) is 15.4. The number of benzene rings is 1. The molecule has 0 aromatic heterocycles. The van der Waals surface area contributed by atoms with Gasteiger partial charge in [0.1, 0.15) is 11.5 Å². The molecule has 0 amide bonds. The Morgan fingerprint density at radius 1 is 1.04 bits per heavy atom. The molecule has 2 saturated carbocycles. The summed E-state index contributed by atoms with van der Waals surface area (Å²) in [7, 11) is 0. The van der Waals surface area contributed by atoms with Gasteiger partial charge in [-0.05, 0) is 66.4 Å². The topological polar surface area (TPSA) is 40.5 Å². The molecule has 2 N–H and O–H groups in total. The number of fused-ring (bicyclic) bond motifs is 5. The molecule has 0 radical (unpaired) electrons. The molecule has 0 unspecified atom stereocenters. The quantitative estimate of drug-likeness (QED) is 0.633. The Morgan fingerprint density at radius 3 is 2.46 bits per heavy atom. The molecule has 130 valence electrons. The summed E-state index contributed by atoms with van der Waals surface area (Å²) in [6, 6.07) is 3.40. The number of rotatable bonds is 0. The van der Waals surface area contributed by atoms with Crippen molar-refractivity contribution in [3.8, 4) is 11.5 Å². The summed E-state index contributed by atoms with van der Waals surface area (Å²) >= 11 is 0. The average Bonchev–Trinajstić information content (AvgIpc) is 2.77. The van der Waals surface area contributed by atoms with Crippen molar-refractivity contribution in [2.45, 2.75) is 65.2 Å². The lowest BCUT2D eigenvalue weighted by Crippen LogP contribution is -2.55. The molecule has 24 heavy (non-hydrogen) atoms. The van der Waals surface area contributed by atoms with Crippen LogP contribution in [0.1, 0.15) is 64.5 Å². The van der Waals surface area contributed by atoms with Gasteiger partial charge in [0, 0.05) is 17.0 Å². The monoisotopic (exact) mass is 326 g/mol. The molecule has 4 atom stereocenters. The van der Waals surface area contributed by atoms with E-state index in [1.165, 1.54) is 24.5 Å². The number of hydrogen-bond acceptors (Lipinski definition) is 2. The van der Waals surface area contributed by atoms with E-state index in [-0.39, 0.29) is 27.7 Å². The van der Waals surface area contributed by atoms with Crippen LogP contribution in [-0.2, 0) is 11.8 Å². The van der Waals surface area contributed by atoms with Crippen molar-refractivity contribution in [3.63, 3.8) is 0 Å². The first-order valence-corrected chi connectivity index (χ1v) is 9.34. The number of hydrogen-bond donors (Lipinski definition) is 2. The van der Waals surface area contributed by atoms with Gasteiger partial charge in [0.05, 0.1) is 0 Å². The van der Waals surface area contributed by atoms with Gasteiger partial charge < -0.3 is 10.2 Å². The molecule has 3 aliphatic carbocycles. The molecule has 1 aromatic carbocycles. The van der Waals surface area contributed by atoms with E-state index < -0.39 is 0 Å². The number of phenolic OH excluding ortho intramolecular Hbond substituents is 2. The van der Waals surface area contributed by atoms with Crippen LogP contribution in [0.25, 0.3) is 0 Å². The van der Waals surface area contributed by atoms with Crippen molar-refractivity contribution < 1.29 is 10.2 Å². The van der Waals surface area contributed by atoms with Crippen molar-refractivity contribution >= 4 is 0 Å². The predicted octanol–water partition coefficient (Wildman–Crippen LogP) is 5.32. The van der Waals surface area contributed by atoms with Gasteiger partial charge >= 0.3 is 0 Å². The molecule has 2 nitrogen and oxygen atoms in total. The maximum absolute atomic E-state index is 10.6. The van der Waals surface area contributed by atoms with Crippen LogP contribution >= 0.6 is 0 Å². The van der Waals surface area contributed by atoms with Crippen molar-refractivity contribution in [1.29, 1.82) is 0 Å². The SMILES string of the molecule is C=C1CC[C@]2(C)[C@H](CC[C@]3(C)c4c(O)cc(O)cc4C[C@@H]23)C1(C)C. The highest BCUT2D eigenvalue weighted by Gasteiger charge is 2.62. The highest BCUT2D eigenvalue weighted by Crippen LogP contribution is 2.69. The fraction of sp³-hybridized carbons (Fsp3) is 0.636. The van der Waals surface area contributed by atoms with Gasteiger partial charge in [0.2, 0.25) is 0 Å². The van der Waals surface area contributed by atoms with E-state index in [1.807, 2.05) is 6.07 Å². The zero-order valence-corrected chi connectivity index (χ0v) is 15.4. The molecular formula is C22H30O2. The van der Waals surface area contributed by atoms with E-state index in [4.69, 9.17) is 0 Å². The predicted molar refractivity (Wildman–Crippen MR) is 97.3 cm³/mol. The maximum Gasteiger partial charge on any atom is 0.123 e. The Kier molecular flexibility index (Phi) is 3.07. The fourth-order valence-corrected chi connectivity index (χ4v) is 6.91. The second-order valence-corrected chi connectivity index (χ2v) is 9.60. The molecule has 2 fully saturated rings. The summed E-state index contributed by atoms with van der Waals surface area (Å²) in [5, 5.41) is 20.5. The summed E-state index contributed by atoms with van der Waals surface area (Å²) in [6.07, 6.45) is 5.58. The third-order valence-corrected chi connectivity index (χ3v) is 8.24. The lowest BCUT2D eigenvalue weighted by atomic mass is 9.43. The van der Waals surface area contributed by atoms with Crippen LogP contribution in [0.2, 0.25) is 0 Å². The standard InChI is InChI=1S/C22H30O2/c1-13-6-8-21(4)17(20(13,2)3)7-9-22(5)18(21)11-14-10-15(23)12-16(24)19(14)22/h10,12,17-18,23-24H,1,6-9,11H2,2-5H3/t17-,18+,21-,22+/m1/s1. The van der Waals surface area contributed by atoms with Crippen LogP contribution in [0, 0.1) is 22.7 Å². The first-order valence-electron chi connectivity index (χ1n) is 9.34. The van der Waals surface area contributed by atoms with E-state index in [9.17, 15) is 10.2 Å². The van der Waals surface area contributed by atoms with Crippen molar-refractivity contribution in [3.05, 3.63) is 35.4 Å². The molecule has 0 aliphatic heterocycles. The molecule has 1 aromatic rings. The Bertz CT molecular complexity index is 732. The minimum absolute atomic E-state index is 0.0210. The van der Waals surface area contributed by atoms with Crippen LogP contribution in [-0.4, -0.2) is 10.2 Å². The minimum Gasteiger partial charge on any atom is -0.508 e. The lowest BCUT2D eigenvalue weighted by Gasteiger charge is -2.61. The second kappa shape index (κ2) is 4.59. The third kappa shape index (κ3) is 1.78. The average molecular weight is 326 g/mol. The largest absolute Gasteiger partial charge is 0.508 e. The van der Waals surface area contributed by atoms with E-state index >= 15 is 0 Å². The Balaban J connectivity index is 1.84. The van der Waals surface area contributed by atoms with Crippen molar-refractivity contribution in [1.82, 2.24) is 0 Å². The number of phenols is 2. The van der Waals surface area contributed by atoms with Crippen LogP contribution < -0.4 is 0 Å². The molecule has 0 bridgehead atoms. The first kappa shape index (κ1) is 16.1. The molecule has 0 heterocycles. The Morgan fingerprint density at radius 2 is 1.75 bits per heavy atom. The summed E-state index contributed by atoms with van der Waals surface area (Å²) in [6.45, 7) is 14.0. The van der Waals surface area contributed by atoms with Crippen molar-refractivity contribution in [2.24, 2.45) is 22.7 Å². The first-order chi connectivity index (χ1) is 11.1. The summed E-state index contributed by atoms with van der Waals surface area (Å²) in [5.41, 5.74) is 4.14. The van der Waals surface area contributed by atoms with Gasteiger partial charge in [0.15, 0.2) is 0 Å². The maximum atomic E-state index is 10.6.